The maximum atomic E-state index is 15.2. The lowest BCUT2D eigenvalue weighted by Crippen LogP contribution is -2.30. The van der Waals surface area contributed by atoms with E-state index in [9.17, 15) is 35.6 Å². The molecular formula is C28H25F5N8O5S. The zero-order chi connectivity index (χ0) is 35.1. The van der Waals surface area contributed by atoms with Crippen LogP contribution in [-0.4, -0.2) is 53.8 Å². The number of benzene rings is 2. The standard InChI is InChI=1S/C22H11F5N4O3S.C6H14N4O2/c23-16-5-6-17(31-35(33,34)13-3-1-12(2-4-13)22(25,26)27)19(24)18(16)20(32)15-10-30-21-14(15)7-11(8-28)9-29-21;7-4(5(11)12)2-1-3-10-6(8)9/h1-7,9-10,31H,(H,29,30);4H,1-3,7H2,(H,11,12)(H4,8,9,10)/t;4-/m.0/s1. The summed E-state index contributed by atoms with van der Waals surface area (Å²) < 4.78 is 94.8. The Morgan fingerprint density at radius 2 is 1.79 bits per heavy atom. The van der Waals surface area contributed by atoms with E-state index in [1.165, 1.54) is 12.3 Å². The molecule has 4 aromatic rings. The van der Waals surface area contributed by atoms with Crippen molar-refractivity contribution in [1.29, 1.82) is 5.26 Å². The number of anilines is 1. The van der Waals surface area contributed by atoms with Crippen LogP contribution in [0.2, 0.25) is 0 Å². The molecule has 0 unspecified atom stereocenters. The third-order valence-electron chi connectivity index (χ3n) is 6.24. The average molecular weight is 681 g/mol. The maximum absolute atomic E-state index is 15.2. The van der Waals surface area contributed by atoms with Gasteiger partial charge in [-0.3, -0.25) is 19.3 Å². The third-order valence-corrected chi connectivity index (χ3v) is 7.63. The zero-order valence-corrected chi connectivity index (χ0v) is 24.7. The van der Waals surface area contributed by atoms with Crippen molar-refractivity contribution < 1.29 is 45.1 Å². The van der Waals surface area contributed by atoms with Gasteiger partial charge in [0.15, 0.2) is 11.8 Å². The molecule has 0 aliphatic carbocycles. The quantitative estimate of drug-likeness (QED) is 0.0469. The lowest BCUT2D eigenvalue weighted by Gasteiger charge is -2.13. The number of aliphatic imine (C=N–C) groups is 1. The number of alkyl halides is 3. The maximum Gasteiger partial charge on any atom is 0.416 e. The van der Waals surface area contributed by atoms with Gasteiger partial charge in [0, 0.05) is 29.9 Å². The van der Waals surface area contributed by atoms with Gasteiger partial charge in [-0.25, -0.2) is 22.2 Å². The Morgan fingerprint density at radius 3 is 2.36 bits per heavy atom. The fourth-order valence-electron chi connectivity index (χ4n) is 3.90. The van der Waals surface area contributed by atoms with Gasteiger partial charge in [-0.1, -0.05) is 0 Å². The van der Waals surface area contributed by atoms with Crippen molar-refractivity contribution in [2.24, 2.45) is 22.2 Å². The van der Waals surface area contributed by atoms with Crippen LogP contribution in [-0.2, 0) is 21.0 Å². The number of nitrogens with one attached hydrogen (secondary N) is 2. The molecule has 19 heteroatoms. The first-order chi connectivity index (χ1) is 22.0. The number of aromatic nitrogens is 2. The lowest BCUT2D eigenvalue weighted by molar-refractivity contribution is -0.139. The Morgan fingerprint density at radius 1 is 1.13 bits per heavy atom. The normalized spacial score (nSPS) is 11.9. The summed E-state index contributed by atoms with van der Waals surface area (Å²) in [4.78, 5) is 32.8. The number of aliphatic carboxylic acids is 1. The van der Waals surface area contributed by atoms with E-state index in [4.69, 9.17) is 27.6 Å². The summed E-state index contributed by atoms with van der Waals surface area (Å²) in [6, 6.07) is 6.09. The number of carbonyl (C=O) groups is 2. The van der Waals surface area contributed by atoms with Gasteiger partial charge < -0.3 is 27.3 Å². The van der Waals surface area contributed by atoms with Crippen molar-refractivity contribution in [3.05, 3.63) is 88.7 Å². The minimum Gasteiger partial charge on any atom is -0.480 e. The molecule has 1 atom stereocenters. The number of pyridine rings is 1. The Kier molecular flexibility index (Phi) is 11.2. The number of carboxylic acids is 1. The van der Waals surface area contributed by atoms with Crippen LogP contribution in [0.5, 0.6) is 0 Å². The molecular weight excluding hydrogens is 655 g/mol. The van der Waals surface area contributed by atoms with Crippen LogP contribution in [0.1, 0.15) is 39.9 Å². The Labute approximate surface area is 263 Å². The molecule has 0 radical (unpaired) electrons. The zero-order valence-electron chi connectivity index (χ0n) is 23.8. The summed E-state index contributed by atoms with van der Waals surface area (Å²) in [5.74, 6) is -4.97. The van der Waals surface area contributed by atoms with Gasteiger partial charge in [0.2, 0.25) is 5.78 Å². The summed E-state index contributed by atoms with van der Waals surface area (Å²) in [6.07, 6.45) is -1.37. The van der Waals surface area contributed by atoms with Crippen LogP contribution < -0.4 is 21.9 Å². The highest BCUT2D eigenvalue weighted by Gasteiger charge is 2.31. The van der Waals surface area contributed by atoms with Crippen molar-refractivity contribution in [2.45, 2.75) is 30.0 Å². The lowest BCUT2D eigenvalue weighted by atomic mass is 10.0. The number of nitrogens with zero attached hydrogens (tertiary/aromatic N) is 3. The number of aromatic amines is 1. The molecule has 13 nitrogen and oxygen atoms in total. The number of sulfonamides is 1. The highest BCUT2D eigenvalue weighted by molar-refractivity contribution is 7.92. The molecule has 0 bridgehead atoms. The van der Waals surface area contributed by atoms with Crippen molar-refractivity contribution in [3.8, 4) is 6.07 Å². The summed E-state index contributed by atoms with van der Waals surface area (Å²) in [5.41, 5.74) is 12.4. The molecule has 0 saturated carbocycles. The molecule has 2 aromatic heterocycles. The van der Waals surface area contributed by atoms with E-state index in [-0.39, 0.29) is 28.1 Å². The number of carboxylic acid groups (broad SMARTS) is 1. The van der Waals surface area contributed by atoms with E-state index in [1.807, 2.05) is 10.8 Å². The summed E-state index contributed by atoms with van der Waals surface area (Å²) in [6.45, 7) is 0.420. The first kappa shape index (κ1) is 35.9. The fourth-order valence-corrected chi connectivity index (χ4v) is 4.96. The molecule has 0 aliphatic rings. The molecule has 2 heterocycles. The molecule has 4 rings (SSSR count). The highest BCUT2D eigenvalue weighted by Crippen LogP contribution is 2.31. The Hall–Kier alpha value is -5.61. The number of hydrogen-bond acceptors (Lipinski definition) is 8. The van der Waals surface area contributed by atoms with Gasteiger partial charge in [0.1, 0.15) is 23.6 Å². The first-order valence-electron chi connectivity index (χ1n) is 13.1. The van der Waals surface area contributed by atoms with Gasteiger partial charge in [-0.05, 0) is 55.3 Å². The second-order valence-electron chi connectivity index (χ2n) is 9.57. The largest absolute Gasteiger partial charge is 0.480 e. The van der Waals surface area contributed by atoms with E-state index < -0.39 is 67.3 Å². The molecule has 0 amide bonds. The van der Waals surface area contributed by atoms with Crippen molar-refractivity contribution in [3.63, 3.8) is 0 Å². The molecule has 0 saturated heterocycles. The second kappa shape index (κ2) is 14.7. The molecule has 248 valence electrons. The van der Waals surface area contributed by atoms with Gasteiger partial charge in [-0.2, -0.15) is 18.4 Å². The number of nitrogens with two attached hydrogens (primary N) is 3. The van der Waals surface area contributed by atoms with Crippen LogP contribution in [0.25, 0.3) is 11.0 Å². The molecule has 9 N–H and O–H groups in total. The number of carbonyl (C=O) groups excluding carboxylic acids is 1. The number of guanidine groups is 1. The predicted molar refractivity (Wildman–Crippen MR) is 158 cm³/mol. The SMILES string of the molecule is N#Cc1cnc2[nH]cc(C(=O)c3c(F)ccc(NS(=O)(=O)c4ccc(C(F)(F)F)cc4)c3F)c2c1.NC(N)=NCCC[C@H](N)C(=O)O. The van der Waals surface area contributed by atoms with E-state index in [2.05, 4.69) is 15.0 Å². The van der Waals surface area contributed by atoms with Crippen LogP contribution in [0.15, 0.2) is 64.7 Å². The number of nitriles is 1. The average Bonchev–Trinajstić information content (AvgIpc) is 3.43. The van der Waals surface area contributed by atoms with E-state index in [1.54, 1.807) is 0 Å². The molecule has 0 fully saturated rings. The summed E-state index contributed by atoms with van der Waals surface area (Å²) >= 11 is 0. The fraction of sp³-hybridized carbons (Fsp3) is 0.179. The van der Waals surface area contributed by atoms with Crippen molar-refractivity contribution in [2.75, 3.05) is 11.3 Å². The smallest absolute Gasteiger partial charge is 0.416 e. The molecule has 47 heavy (non-hydrogen) atoms. The summed E-state index contributed by atoms with van der Waals surface area (Å²) in [5, 5.41) is 17.5. The second-order valence-corrected chi connectivity index (χ2v) is 11.3. The Bertz CT molecular complexity index is 1970. The van der Waals surface area contributed by atoms with E-state index in [0.29, 0.717) is 49.7 Å². The topological polar surface area (TPSA) is 243 Å². The van der Waals surface area contributed by atoms with E-state index in [0.717, 1.165) is 12.3 Å². The van der Waals surface area contributed by atoms with Gasteiger partial charge in [0.05, 0.1) is 27.3 Å². The minimum absolute atomic E-state index is 0.0129. The monoisotopic (exact) mass is 680 g/mol. The number of H-pyrrole nitrogens is 1. The number of fused-ring (bicyclic) bond motifs is 1. The van der Waals surface area contributed by atoms with Crippen LogP contribution >= 0.6 is 0 Å². The number of rotatable bonds is 10. The minimum atomic E-state index is -4.69. The number of hydrogen-bond donors (Lipinski definition) is 6. The van der Waals surface area contributed by atoms with Gasteiger partial charge in [0.25, 0.3) is 10.0 Å². The predicted octanol–water partition coefficient (Wildman–Crippen LogP) is 3.22. The third kappa shape index (κ3) is 8.99. The van der Waals surface area contributed by atoms with Gasteiger partial charge in [-0.15, -0.1) is 0 Å². The number of ketones is 1. The van der Waals surface area contributed by atoms with Crippen LogP contribution in [0, 0.1) is 23.0 Å². The molecule has 0 aliphatic heterocycles. The van der Waals surface area contributed by atoms with E-state index >= 15 is 4.39 Å². The molecule has 0 spiro atoms. The van der Waals surface area contributed by atoms with Gasteiger partial charge >= 0.3 is 12.1 Å². The first-order valence-corrected chi connectivity index (χ1v) is 14.6. The molecule has 2 aromatic carbocycles. The van der Waals surface area contributed by atoms with Crippen molar-refractivity contribution >= 4 is 44.5 Å². The number of halogens is 5. The van der Waals surface area contributed by atoms with Crippen LogP contribution in [0.4, 0.5) is 27.6 Å². The van der Waals surface area contributed by atoms with Crippen molar-refractivity contribution in [1.82, 2.24) is 9.97 Å². The van der Waals surface area contributed by atoms with Crippen LogP contribution in [0.3, 0.4) is 0 Å². The summed E-state index contributed by atoms with van der Waals surface area (Å²) in [7, 11) is -4.59. The highest BCUT2D eigenvalue weighted by atomic mass is 32.2. The Balaban J connectivity index is 0.000000426.